The van der Waals surface area contributed by atoms with Crippen LogP contribution in [0.5, 0.6) is 23.0 Å². The summed E-state index contributed by atoms with van der Waals surface area (Å²) in [6, 6.07) is 11.4. The van der Waals surface area contributed by atoms with E-state index < -0.39 is 0 Å². The minimum absolute atomic E-state index is 0.0223. The van der Waals surface area contributed by atoms with E-state index in [9.17, 15) is 4.79 Å². The maximum Gasteiger partial charge on any atom is 0.334 e. The number of ether oxygens (including phenoxy) is 5. The average molecular weight is 368 g/mol. The van der Waals surface area contributed by atoms with E-state index in [0.29, 0.717) is 30.1 Å². The van der Waals surface area contributed by atoms with E-state index in [1.165, 1.54) is 0 Å². The molecule has 0 radical (unpaired) electrons. The highest BCUT2D eigenvalue weighted by Crippen LogP contribution is 2.35. The molecule has 0 amide bonds. The second-order valence-corrected chi connectivity index (χ2v) is 6.40. The lowest BCUT2D eigenvalue weighted by atomic mass is 9.92. The van der Waals surface area contributed by atoms with Gasteiger partial charge in [0.25, 0.3) is 0 Å². The molecule has 0 spiro atoms. The van der Waals surface area contributed by atoms with Crippen molar-refractivity contribution in [2.24, 2.45) is 5.92 Å². The molecule has 2 aliphatic heterocycles. The number of rotatable bonds is 5. The Kier molecular flexibility index (Phi) is 4.62. The summed E-state index contributed by atoms with van der Waals surface area (Å²) in [7, 11) is 3.17. The number of hydrogen-bond acceptors (Lipinski definition) is 6. The maximum absolute atomic E-state index is 12.3. The highest BCUT2D eigenvalue weighted by atomic mass is 16.7. The monoisotopic (exact) mass is 368 g/mol. The zero-order chi connectivity index (χ0) is 18.8. The lowest BCUT2D eigenvalue weighted by molar-refractivity contribution is -0.135. The van der Waals surface area contributed by atoms with Crippen LogP contribution in [0.3, 0.4) is 0 Å². The highest BCUT2D eigenvalue weighted by Gasteiger charge is 2.31. The van der Waals surface area contributed by atoms with E-state index in [-0.39, 0.29) is 18.7 Å². The number of benzene rings is 2. The van der Waals surface area contributed by atoms with Crippen LogP contribution >= 0.6 is 0 Å². The van der Waals surface area contributed by atoms with Crippen LogP contribution in [0.1, 0.15) is 11.1 Å². The second-order valence-electron chi connectivity index (χ2n) is 6.40. The Balaban J connectivity index is 1.59. The molecule has 1 atom stereocenters. The minimum Gasteiger partial charge on any atom is -0.493 e. The van der Waals surface area contributed by atoms with E-state index in [1.807, 2.05) is 42.5 Å². The SMILES string of the molecule is COc1ccc(/C=C2\C(=O)OC[C@H]2Cc2ccc3c(c2)OCO3)cc1OC. The van der Waals surface area contributed by atoms with Crippen molar-refractivity contribution in [1.82, 2.24) is 0 Å². The summed E-state index contributed by atoms with van der Waals surface area (Å²) in [5.41, 5.74) is 2.58. The molecule has 6 nitrogen and oxygen atoms in total. The third kappa shape index (κ3) is 3.43. The normalized spacial score (nSPS) is 19.3. The Morgan fingerprint density at radius 2 is 1.81 bits per heavy atom. The number of methoxy groups -OCH3 is 2. The molecule has 2 aromatic carbocycles. The summed E-state index contributed by atoms with van der Waals surface area (Å²) in [5.74, 6) is 2.44. The Bertz CT molecular complexity index is 902. The Labute approximate surface area is 157 Å². The second kappa shape index (κ2) is 7.23. The fourth-order valence-electron chi connectivity index (χ4n) is 3.34. The molecule has 1 fully saturated rings. The molecule has 27 heavy (non-hydrogen) atoms. The summed E-state index contributed by atoms with van der Waals surface area (Å²) in [6.45, 7) is 0.612. The first kappa shape index (κ1) is 17.3. The first-order valence-electron chi connectivity index (χ1n) is 8.67. The number of carbonyl (C=O) groups excluding carboxylic acids is 1. The van der Waals surface area contributed by atoms with Gasteiger partial charge in [-0.15, -0.1) is 0 Å². The summed E-state index contributed by atoms with van der Waals surface area (Å²) >= 11 is 0. The molecule has 2 heterocycles. The van der Waals surface area contributed by atoms with Crippen LogP contribution in [-0.2, 0) is 16.0 Å². The molecular weight excluding hydrogens is 348 g/mol. The molecule has 6 heteroatoms. The Morgan fingerprint density at radius 3 is 2.63 bits per heavy atom. The molecule has 1 saturated heterocycles. The Morgan fingerprint density at radius 1 is 1.00 bits per heavy atom. The number of carbonyl (C=O) groups is 1. The highest BCUT2D eigenvalue weighted by molar-refractivity contribution is 5.96. The van der Waals surface area contributed by atoms with E-state index in [0.717, 1.165) is 22.6 Å². The fourth-order valence-corrected chi connectivity index (χ4v) is 3.34. The molecule has 0 saturated carbocycles. The zero-order valence-corrected chi connectivity index (χ0v) is 15.2. The topological polar surface area (TPSA) is 63.2 Å². The van der Waals surface area contributed by atoms with E-state index in [4.69, 9.17) is 23.7 Å². The molecule has 0 bridgehead atoms. The van der Waals surface area contributed by atoms with Gasteiger partial charge in [-0.05, 0) is 47.9 Å². The largest absolute Gasteiger partial charge is 0.493 e. The van der Waals surface area contributed by atoms with Crippen molar-refractivity contribution >= 4 is 12.0 Å². The van der Waals surface area contributed by atoms with Crippen LogP contribution in [-0.4, -0.2) is 33.6 Å². The first-order valence-corrected chi connectivity index (χ1v) is 8.67. The van der Waals surface area contributed by atoms with Gasteiger partial charge in [-0.25, -0.2) is 4.79 Å². The van der Waals surface area contributed by atoms with Gasteiger partial charge in [0.1, 0.15) is 0 Å². The standard InChI is InChI=1S/C21H20O6/c1-23-17-5-3-14(9-19(17)24-2)8-16-15(11-25-21(16)22)7-13-4-6-18-20(10-13)27-12-26-18/h3-6,8-10,15H,7,11-12H2,1-2H3/b16-8-/t15-/m1/s1. The van der Waals surface area contributed by atoms with Gasteiger partial charge in [0.15, 0.2) is 23.0 Å². The molecule has 0 N–H and O–H groups in total. The summed E-state index contributed by atoms with van der Waals surface area (Å²) in [5, 5.41) is 0. The molecule has 0 aromatic heterocycles. The molecule has 0 unspecified atom stereocenters. The van der Waals surface area contributed by atoms with Gasteiger partial charge in [-0.1, -0.05) is 12.1 Å². The summed E-state index contributed by atoms with van der Waals surface area (Å²) in [4.78, 5) is 12.3. The third-order valence-corrected chi connectivity index (χ3v) is 4.74. The van der Waals surface area contributed by atoms with Crippen molar-refractivity contribution in [2.75, 3.05) is 27.6 Å². The van der Waals surface area contributed by atoms with E-state index >= 15 is 0 Å². The van der Waals surface area contributed by atoms with Crippen molar-refractivity contribution in [3.8, 4) is 23.0 Å². The van der Waals surface area contributed by atoms with E-state index in [2.05, 4.69) is 0 Å². The molecule has 4 rings (SSSR count). The van der Waals surface area contributed by atoms with Gasteiger partial charge in [-0.2, -0.15) is 0 Å². The third-order valence-electron chi connectivity index (χ3n) is 4.74. The smallest absolute Gasteiger partial charge is 0.334 e. The molecular formula is C21H20O6. The molecule has 2 aromatic rings. The van der Waals surface area contributed by atoms with Crippen LogP contribution in [0.2, 0.25) is 0 Å². The van der Waals surface area contributed by atoms with Gasteiger partial charge >= 0.3 is 5.97 Å². The number of cyclic esters (lactones) is 1. The van der Waals surface area contributed by atoms with Crippen molar-refractivity contribution < 1.29 is 28.5 Å². The quantitative estimate of drug-likeness (QED) is 0.596. The van der Waals surface area contributed by atoms with Gasteiger partial charge < -0.3 is 23.7 Å². The van der Waals surface area contributed by atoms with E-state index in [1.54, 1.807) is 14.2 Å². The minimum atomic E-state index is -0.282. The van der Waals surface area contributed by atoms with Gasteiger partial charge in [0.05, 0.1) is 20.8 Å². The lowest BCUT2D eigenvalue weighted by Crippen LogP contribution is -2.07. The van der Waals surface area contributed by atoms with Gasteiger partial charge in [0, 0.05) is 11.5 Å². The van der Waals surface area contributed by atoms with Crippen LogP contribution in [0, 0.1) is 5.92 Å². The summed E-state index contributed by atoms with van der Waals surface area (Å²) < 4.78 is 26.7. The predicted octanol–water partition coefficient (Wildman–Crippen LogP) is 3.23. The maximum atomic E-state index is 12.3. The first-order chi connectivity index (χ1) is 13.2. The van der Waals surface area contributed by atoms with Crippen molar-refractivity contribution in [3.63, 3.8) is 0 Å². The van der Waals surface area contributed by atoms with Crippen LogP contribution in [0.4, 0.5) is 0 Å². The molecule has 140 valence electrons. The van der Waals surface area contributed by atoms with Crippen LogP contribution in [0.25, 0.3) is 6.08 Å². The van der Waals surface area contributed by atoms with Gasteiger partial charge in [-0.3, -0.25) is 0 Å². The lowest BCUT2D eigenvalue weighted by Gasteiger charge is -2.11. The zero-order valence-electron chi connectivity index (χ0n) is 15.2. The van der Waals surface area contributed by atoms with Crippen LogP contribution in [0.15, 0.2) is 42.0 Å². The average Bonchev–Trinajstić information content (AvgIpc) is 3.29. The molecule has 0 aliphatic carbocycles. The number of esters is 1. The predicted molar refractivity (Wildman–Crippen MR) is 98.2 cm³/mol. The fraction of sp³-hybridized carbons (Fsp3) is 0.286. The number of hydrogen-bond donors (Lipinski definition) is 0. The van der Waals surface area contributed by atoms with Crippen molar-refractivity contribution in [3.05, 3.63) is 53.1 Å². The van der Waals surface area contributed by atoms with Crippen molar-refractivity contribution in [1.29, 1.82) is 0 Å². The van der Waals surface area contributed by atoms with Crippen LogP contribution < -0.4 is 18.9 Å². The number of fused-ring (bicyclic) bond motifs is 1. The van der Waals surface area contributed by atoms with Gasteiger partial charge in [0.2, 0.25) is 6.79 Å². The Hall–Kier alpha value is -3.15. The van der Waals surface area contributed by atoms with Crippen molar-refractivity contribution in [2.45, 2.75) is 6.42 Å². The molecule has 2 aliphatic rings. The summed E-state index contributed by atoms with van der Waals surface area (Å²) in [6.07, 6.45) is 2.54.